The molecule has 1 aromatic rings. The van der Waals surface area contributed by atoms with Crippen molar-refractivity contribution in [3.63, 3.8) is 0 Å². The fourth-order valence-corrected chi connectivity index (χ4v) is 1.68. The van der Waals surface area contributed by atoms with Gasteiger partial charge in [0.25, 0.3) is 11.6 Å². The highest BCUT2D eigenvalue weighted by molar-refractivity contribution is 5.94. The van der Waals surface area contributed by atoms with Gasteiger partial charge in [0.15, 0.2) is 0 Å². The number of nitrogens with zero attached hydrogens (tertiary/aromatic N) is 1. The van der Waals surface area contributed by atoms with Crippen LogP contribution in [-0.2, 0) is 4.79 Å². The molecule has 0 saturated carbocycles. The van der Waals surface area contributed by atoms with E-state index in [1.54, 1.807) is 5.48 Å². The minimum absolute atomic E-state index is 0.0614. The van der Waals surface area contributed by atoms with E-state index in [1.807, 2.05) is 0 Å². The Labute approximate surface area is 121 Å². The molecular formula is C13H17N3O5. The Bertz CT molecular complexity index is 501. The zero-order valence-corrected chi connectivity index (χ0v) is 11.4. The van der Waals surface area contributed by atoms with Gasteiger partial charge in [-0.25, -0.2) is 5.48 Å². The molecule has 21 heavy (non-hydrogen) atoms. The summed E-state index contributed by atoms with van der Waals surface area (Å²) in [5.41, 5.74) is 1.85. The van der Waals surface area contributed by atoms with Crippen molar-refractivity contribution >= 4 is 17.5 Å². The smallest absolute Gasteiger partial charge is 0.269 e. The average Bonchev–Trinajstić information content (AvgIpc) is 2.50. The van der Waals surface area contributed by atoms with Crippen LogP contribution in [-0.4, -0.2) is 28.5 Å². The first-order valence-electron chi connectivity index (χ1n) is 6.50. The summed E-state index contributed by atoms with van der Waals surface area (Å²) >= 11 is 0. The summed E-state index contributed by atoms with van der Waals surface area (Å²) in [7, 11) is 0. The zero-order valence-electron chi connectivity index (χ0n) is 11.4. The van der Waals surface area contributed by atoms with Crippen LogP contribution in [0.25, 0.3) is 0 Å². The van der Waals surface area contributed by atoms with Crippen molar-refractivity contribution in [1.82, 2.24) is 10.8 Å². The number of hydroxylamine groups is 1. The quantitative estimate of drug-likeness (QED) is 0.289. The highest BCUT2D eigenvalue weighted by atomic mass is 16.6. The van der Waals surface area contributed by atoms with Gasteiger partial charge in [-0.1, -0.05) is 6.42 Å². The summed E-state index contributed by atoms with van der Waals surface area (Å²) in [5, 5.41) is 21.5. The molecule has 1 aromatic carbocycles. The lowest BCUT2D eigenvalue weighted by atomic mass is 10.1. The van der Waals surface area contributed by atoms with E-state index < -0.39 is 10.8 Å². The van der Waals surface area contributed by atoms with Gasteiger partial charge >= 0.3 is 0 Å². The van der Waals surface area contributed by atoms with Crippen LogP contribution in [0.5, 0.6) is 0 Å². The molecule has 0 heterocycles. The molecular weight excluding hydrogens is 278 g/mol. The molecule has 0 radical (unpaired) electrons. The summed E-state index contributed by atoms with van der Waals surface area (Å²) in [6, 6.07) is 5.36. The molecule has 0 aliphatic rings. The topological polar surface area (TPSA) is 122 Å². The Morgan fingerprint density at radius 1 is 1.14 bits per heavy atom. The van der Waals surface area contributed by atoms with Gasteiger partial charge in [-0.3, -0.25) is 24.9 Å². The zero-order chi connectivity index (χ0) is 15.7. The normalized spacial score (nSPS) is 9.95. The lowest BCUT2D eigenvalue weighted by Crippen LogP contribution is -2.24. The van der Waals surface area contributed by atoms with Crippen molar-refractivity contribution in [3.05, 3.63) is 39.9 Å². The molecule has 0 bridgehead atoms. The fourth-order valence-electron chi connectivity index (χ4n) is 1.68. The van der Waals surface area contributed by atoms with Gasteiger partial charge in [0.05, 0.1) is 4.92 Å². The number of rotatable bonds is 8. The third-order valence-corrected chi connectivity index (χ3v) is 2.83. The fraction of sp³-hybridized carbons (Fsp3) is 0.385. The van der Waals surface area contributed by atoms with E-state index >= 15 is 0 Å². The van der Waals surface area contributed by atoms with Crippen LogP contribution in [0.4, 0.5) is 5.69 Å². The summed E-state index contributed by atoms with van der Waals surface area (Å²) in [4.78, 5) is 32.4. The first kappa shape index (κ1) is 16.6. The molecule has 8 nitrogen and oxygen atoms in total. The van der Waals surface area contributed by atoms with Crippen molar-refractivity contribution < 1.29 is 19.7 Å². The first-order chi connectivity index (χ1) is 10.0. The van der Waals surface area contributed by atoms with Gasteiger partial charge < -0.3 is 5.32 Å². The van der Waals surface area contributed by atoms with E-state index in [1.165, 1.54) is 24.3 Å². The molecule has 1 rings (SSSR count). The second-order valence-electron chi connectivity index (χ2n) is 4.41. The molecule has 2 amide bonds. The predicted octanol–water partition coefficient (Wildman–Crippen LogP) is 1.39. The minimum atomic E-state index is -0.524. The molecule has 0 atom stereocenters. The third kappa shape index (κ3) is 6.00. The minimum Gasteiger partial charge on any atom is -0.352 e. The first-order valence-corrected chi connectivity index (χ1v) is 6.50. The van der Waals surface area contributed by atoms with Gasteiger partial charge in [0.1, 0.15) is 0 Å². The Balaban J connectivity index is 2.24. The molecule has 0 spiro atoms. The van der Waals surface area contributed by atoms with E-state index in [0.29, 0.717) is 24.9 Å². The number of hydrogen-bond acceptors (Lipinski definition) is 5. The predicted molar refractivity (Wildman–Crippen MR) is 73.8 cm³/mol. The molecule has 3 N–H and O–H groups in total. The van der Waals surface area contributed by atoms with E-state index in [4.69, 9.17) is 5.21 Å². The maximum atomic E-state index is 11.7. The number of nitro benzene ring substituents is 1. The van der Waals surface area contributed by atoms with Crippen LogP contribution in [0.1, 0.15) is 36.0 Å². The monoisotopic (exact) mass is 295 g/mol. The third-order valence-electron chi connectivity index (χ3n) is 2.83. The molecule has 8 heteroatoms. The summed E-state index contributed by atoms with van der Waals surface area (Å²) in [6.07, 6.45) is 2.32. The van der Waals surface area contributed by atoms with Gasteiger partial charge in [-0.2, -0.15) is 0 Å². The van der Waals surface area contributed by atoms with Gasteiger partial charge in [0, 0.05) is 30.7 Å². The maximum Gasteiger partial charge on any atom is 0.269 e. The Hall–Kier alpha value is -2.48. The number of carbonyl (C=O) groups is 2. The van der Waals surface area contributed by atoms with Crippen LogP contribution in [0.3, 0.4) is 0 Å². The van der Waals surface area contributed by atoms with Gasteiger partial charge in [-0.05, 0) is 25.0 Å². The van der Waals surface area contributed by atoms with Crippen LogP contribution < -0.4 is 10.8 Å². The van der Waals surface area contributed by atoms with Crippen molar-refractivity contribution in [2.45, 2.75) is 25.7 Å². The van der Waals surface area contributed by atoms with Crippen LogP contribution in [0.2, 0.25) is 0 Å². The number of unbranched alkanes of at least 4 members (excludes halogenated alkanes) is 2. The Morgan fingerprint density at radius 3 is 2.38 bits per heavy atom. The number of benzene rings is 1. The Kier molecular flexibility index (Phi) is 6.82. The number of amides is 2. The van der Waals surface area contributed by atoms with Crippen molar-refractivity contribution in [3.8, 4) is 0 Å². The van der Waals surface area contributed by atoms with Crippen LogP contribution in [0.15, 0.2) is 24.3 Å². The van der Waals surface area contributed by atoms with Crippen LogP contribution in [0, 0.1) is 10.1 Å². The second kappa shape index (κ2) is 8.64. The molecule has 114 valence electrons. The molecule has 0 fully saturated rings. The number of nitrogens with one attached hydrogen (secondary N) is 2. The van der Waals surface area contributed by atoms with E-state index in [2.05, 4.69) is 5.32 Å². The molecule has 0 aliphatic heterocycles. The van der Waals surface area contributed by atoms with E-state index in [0.717, 1.165) is 6.42 Å². The Morgan fingerprint density at radius 2 is 1.81 bits per heavy atom. The summed E-state index contributed by atoms with van der Waals surface area (Å²) in [6.45, 7) is 0.455. The molecule has 0 aromatic heterocycles. The van der Waals surface area contributed by atoms with Gasteiger partial charge in [0.2, 0.25) is 5.91 Å². The lowest BCUT2D eigenvalue weighted by Gasteiger charge is -2.05. The molecule has 0 saturated heterocycles. The van der Waals surface area contributed by atoms with Crippen molar-refractivity contribution in [2.75, 3.05) is 6.54 Å². The highest BCUT2D eigenvalue weighted by Crippen LogP contribution is 2.11. The number of hydrogen-bond donors (Lipinski definition) is 3. The SMILES string of the molecule is O=C(CCCCCNC(=O)c1ccc([N+](=O)[O-])cc1)NO. The molecule has 0 aliphatic carbocycles. The second-order valence-corrected chi connectivity index (χ2v) is 4.41. The average molecular weight is 295 g/mol. The highest BCUT2D eigenvalue weighted by Gasteiger charge is 2.08. The summed E-state index contributed by atoms with van der Waals surface area (Å²) in [5.74, 6) is -0.720. The van der Waals surface area contributed by atoms with E-state index in [9.17, 15) is 19.7 Å². The largest absolute Gasteiger partial charge is 0.352 e. The molecule has 0 unspecified atom stereocenters. The number of nitro groups is 1. The summed E-state index contributed by atoms with van der Waals surface area (Å²) < 4.78 is 0. The van der Waals surface area contributed by atoms with Crippen LogP contribution >= 0.6 is 0 Å². The van der Waals surface area contributed by atoms with E-state index in [-0.39, 0.29) is 18.0 Å². The number of non-ortho nitro benzene ring substituents is 1. The van der Waals surface area contributed by atoms with Crippen molar-refractivity contribution in [2.24, 2.45) is 0 Å². The van der Waals surface area contributed by atoms with Crippen molar-refractivity contribution in [1.29, 1.82) is 0 Å². The standard InChI is InChI=1S/C13H17N3O5/c17-12(15-19)4-2-1-3-9-14-13(18)10-5-7-11(8-6-10)16(20)21/h5-8,19H,1-4,9H2,(H,14,18)(H,15,17). The number of carbonyl (C=O) groups excluding carboxylic acids is 2. The van der Waals surface area contributed by atoms with Gasteiger partial charge in [-0.15, -0.1) is 0 Å². The lowest BCUT2D eigenvalue weighted by molar-refractivity contribution is -0.384. The maximum absolute atomic E-state index is 11.7.